The Bertz CT molecular complexity index is 341. The van der Waals surface area contributed by atoms with Gasteiger partial charge in [0.25, 0.3) is 0 Å². The molecule has 0 aliphatic carbocycles. The third-order valence-corrected chi connectivity index (χ3v) is 2.25. The number of aliphatic hydroxyl groups excluding tert-OH is 1. The first kappa shape index (κ1) is 9.89. The van der Waals surface area contributed by atoms with Gasteiger partial charge in [-0.1, -0.05) is 0 Å². The Hall–Kier alpha value is -1.19. The van der Waals surface area contributed by atoms with Gasteiger partial charge in [0.1, 0.15) is 22.5 Å². The maximum Gasteiger partial charge on any atom is 0.141 e. The minimum Gasteiger partial charge on any atom is -0.394 e. The summed E-state index contributed by atoms with van der Waals surface area (Å²) in [5, 5.41) is 22.1. The predicted molar refractivity (Wildman–Crippen MR) is 50.2 cm³/mol. The van der Waals surface area contributed by atoms with E-state index in [1.807, 2.05) is 12.3 Å². The summed E-state index contributed by atoms with van der Waals surface area (Å²) in [5.41, 5.74) is 6.02. The van der Waals surface area contributed by atoms with Crippen molar-refractivity contribution in [3.05, 3.63) is 5.56 Å². The molecule has 5 nitrogen and oxygen atoms in total. The number of aliphatic hydroxyl groups is 1. The molecule has 6 heteroatoms. The number of nitriles is 1. The molecule has 0 amide bonds. The molecule has 3 N–H and O–H groups in total. The van der Waals surface area contributed by atoms with Gasteiger partial charge in [-0.3, -0.25) is 0 Å². The van der Waals surface area contributed by atoms with Crippen molar-refractivity contribution in [2.24, 2.45) is 0 Å². The van der Waals surface area contributed by atoms with Crippen LogP contribution in [-0.2, 0) is 6.54 Å². The summed E-state index contributed by atoms with van der Waals surface area (Å²) in [4.78, 5) is 0. The summed E-state index contributed by atoms with van der Waals surface area (Å²) >= 11 is 1.36. The number of thioether (sulfide) groups is 1. The molecule has 1 heterocycles. The fourth-order valence-corrected chi connectivity index (χ4v) is 1.50. The maximum atomic E-state index is 8.75. The molecule has 0 aliphatic heterocycles. The monoisotopic (exact) mass is 198 g/mol. The summed E-state index contributed by atoms with van der Waals surface area (Å²) in [6.45, 7) is 0.283. The molecule has 0 saturated carbocycles. The van der Waals surface area contributed by atoms with E-state index in [-0.39, 0.29) is 6.61 Å². The number of nitrogen functional groups attached to an aromatic ring is 1. The molecular weight excluding hydrogens is 188 g/mol. The van der Waals surface area contributed by atoms with Crippen molar-refractivity contribution in [3.63, 3.8) is 0 Å². The summed E-state index contributed by atoms with van der Waals surface area (Å²) in [5.74, 6) is 0.320. The highest BCUT2D eigenvalue weighted by Crippen LogP contribution is 2.23. The number of nitrogens with zero attached hydrogens (tertiary/aromatic N) is 3. The van der Waals surface area contributed by atoms with Gasteiger partial charge in [-0.2, -0.15) is 10.4 Å². The van der Waals surface area contributed by atoms with Crippen LogP contribution in [0.5, 0.6) is 0 Å². The lowest BCUT2D eigenvalue weighted by Crippen LogP contribution is -2.07. The minimum atomic E-state index is -0.0371. The van der Waals surface area contributed by atoms with Gasteiger partial charge in [-0.25, -0.2) is 4.68 Å². The van der Waals surface area contributed by atoms with Gasteiger partial charge in [0.05, 0.1) is 13.2 Å². The van der Waals surface area contributed by atoms with Crippen LogP contribution < -0.4 is 5.73 Å². The van der Waals surface area contributed by atoms with Crippen LogP contribution in [0.15, 0.2) is 5.03 Å². The second kappa shape index (κ2) is 4.16. The third kappa shape index (κ3) is 1.76. The quantitative estimate of drug-likeness (QED) is 0.670. The highest BCUT2D eigenvalue weighted by Gasteiger charge is 2.13. The van der Waals surface area contributed by atoms with E-state index in [2.05, 4.69) is 5.10 Å². The number of nitrogens with two attached hydrogens (primary N) is 1. The molecule has 0 aromatic carbocycles. The smallest absolute Gasteiger partial charge is 0.141 e. The predicted octanol–water partition coefficient (Wildman–Crippen LogP) is 0.0512. The Balaban J connectivity index is 3.12. The Labute approximate surface area is 80.1 Å². The molecule has 0 aliphatic rings. The van der Waals surface area contributed by atoms with Crippen molar-refractivity contribution in [1.82, 2.24) is 9.78 Å². The standard InChI is InChI=1S/C7H10N4OS/c1-13-7-5(4-8)6(9)11(10-7)2-3-12/h12H,2-3,9H2,1H3. The number of hydrogen-bond acceptors (Lipinski definition) is 5. The van der Waals surface area contributed by atoms with Crippen molar-refractivity contribution in [1.29, 1.82) is 5.26 Å². The first-order valence-electron chi connectivity index (χ1n) is 3.65. The first-order chi connectivity index (χ1) is 6.24. The van der Waals surface area contributed by atoms with Crippen LogP contribution in [0, 0.1) is 11.3 Å². The number of aromatic nitrogens is 2. The van der Waals surface area contributed by atoms with E-state index in [1.54, 1.807) is 0 Å². The van der Waals surface area contributed by atoms with E-state index < -0.39 is 0 Å². The molecule has 0 saturated heterocycles. The second-order valence-corrected chi connectivity index (χ2v) is 3.12. The molecule has 1 aromatic heterocycles. The van der Waals surface area contributed by atoms with Gasteiger partial charge < -0.3 is 10.8 Å². The molecule has 0 radical (unpaired) electrons. The minimum absolute atomic E-state index is 0.0371. The Kier molecular flexibility index (Phi) is 3.17. The molecule has 0 unspecified atom stereocenters. The van der Waals surface area contributed by atoms with Gasteiger partial charge in [0.2, 0.25) is 0 Å². The molecular formula is C7H10N4OS. The van der Waals surface area contributed by atoms with Gasteiger partial charge in [-0.15, -0.1) is 11.8 Å². The zero-order valence-electron chi connectivity index (χ0n) is 7.19. The van der Waals surface area contributed by atoms with Gasteiger partial charge >= 0.3 is 0 Å². The van der Waals surface area contributed by atoms with Crippen molar-refractivity contribution in [3.8, 4) is 6.07 Å². The van der Waals surface area contributed by atoms with E-state index in [0.717, 1.165) is 0 Å². The van der Waals surface area contributed by atoms with E-state index in [4.69, 9.17) is 16.1 Å². The molecule has 70 valence electrons. The van der Waals surface area contributed by atoms with Gasteiger partial charge in [-0.05, 0) is 6.26 Å². The normalized spacial score (nSPS) is 9.92. The van der Waals surface area contributed by atoms with Crippen LogP contribution in [0.25, 0.3) is 0 Å². The van der Waals surface area contributed by atoms with E-state index in [9.17, 15) is 0 Å². The lowest BCUT2D eigenvalue weighted by atomic mass is 10.4. The Morgan fingerprint density at radius 1 is 1.77 bits per heavy atom. The third-order valence-electron chi connectivity index (χ3n) is 1.58. The number of rotatable bonds is 3. The van der Waals surface area contributed by atoms with Crippen LogP contribution in [0.2, 0.25) is 0 Å². The second-order valence-electron chi connectivity index (χ2n) is 2.33. The number of hydrogen-bond donors (Lipinski definition) is 2. The SMILES string of the molecule is CSc1nn(CCO)c(N)c1C#N. The Morgan fingerprint density at radius 2 is 2.46 bits per heavy atom. The highest BCUT2D eigenvalue weighted by molar-refractivity contribution is 7.98. The average molecular weight is 198 g/mol. The average Bonchev–Trinajstić information content (AvgIpc) is 2.44. The lowest BCUT2D eigenvalue weighted by molar-refractivity contribution is 0.269. The summed E-state index contributed by atoms with van der Waals surface area (Å²) in [6.07, 6.45) is 1.83. The van der Waals surface area contributed by atoms with E-state index >= 15 is 0 Å². The summed E-state index contributed by atoms with van der Waals surface area (Å²) < 4.78 is 1.43. The molecule has 0 bridgehead atoms. The lowest BCUT2D eigenvalue weighted by Gasteiger charge is -1.98. The molecule has 0 spiro atoms. The molecule has 1 aromatic rings. The van der Waals surface area contributed by atoms with E-state index in [0.29, 0.717) is 23.0 Å². The fraction of sp³-hybridized carbons (Fsp3) is 0.429. The van der Waals surface area contributed by atoms with Crippen molar-refractivity contribution in [2.45, 2.75) is 11.6 Å². The largest absolute Gasteiger partial charge is 0.394 e. The van der Waals surface area contributed by atoms with Gasteiger partial charge in [0.15, 0.2) is 0 Å². The molecule has 13 heavy (non-hydrogen) atoms. The Morgan fingerprint density at radius 3 is 2.85 bits per heavy atom. The van der Waals surface area contributed by atoms with Crippen molar-refractivity contribution < 1.29 is 5.11 Å². The topological polar surface area (TPSA) is 87.9 Å². The molecule has 1 rings (SSSR count). The molecule has 0 atom stereocenters. The van der Waals surface area contributed by atoms with Crippen molar-refractivity contribution >= 4 is 17.6 Å². The summed E-state index contributed by atoms with van der Waals surface area (Å²) in [6, 6.07) is 1.98. The molecule has 0 fully saturated rings. The van der Waals surface area contributed by atoms with Crippen LogP contribution >= 0.6 is 11.8 Å². The fourth-order valence-electron chi connectivity index (χ4n) is 0.965. The van der Waals surface area contributed by atoms with E-state index in [1.165, 1.54) is 16.4 Å². The highest BCUT2D eigenvalue weighted by atomic mass is 32.2. The van der Waals surface area contributed by atoms with Crippen molar-refractivity contribution in [2.75, 3.05) is 18.6 Å². The van der Waals surface area contributed by atoms with Crippen LogP contribution in [0.1, 0.15) is 5.56 Å². The summed E-state index contributed by atoms with van der Waals surface area (Å²) in [7, 11) is 0. The maximum absolute atomic E-state index is 8.75. The number of anilines is 1. The zero-order valence-corrected chi connectivity index (χ0v) is 8.01. The van der Waals surface area contributed by atoms with Crippen LogP contribution in [0.3, 0.4) is 0 Å². The van der Waals surface area contributed by atoms with Crippen LogP contribution in [-0.4, -0.2) is 27.7 Å². The van der Waals surface area contributed by atoms with Crippen LogP contribution in [0.4, 0.5) is 5.82 Å². The zero-order chi connectivity index (χ0) is 9.84. The first-order valence-corrected chi connectivity index (χ1v) is 4.88. The van der Waals surface area contributed by atoms with Gasteiger partial charge in [0, 0.05) is 0 Å².